The van der Waals surface area contributed by atoms with Gasteiger partial charge in [-0.1, -0.05) is 12.1 Å². The third-order valence-corrected chi connectivity index (χ3v) is 5.35. The van der Waals surface area contributed by atoms with E-state index in [-0.39, 0.29) is 5.91 Å². The maximum atomic E-state index is 12.5. The van der Waals surface area contributed by atoms with Gasteiger partial charge in [0.25, 0.3) is 5.91 Å². The number of halogens is 1. The summed E-state index contributed by atoms with van der Waals surface area (Å²) in [7, 11) is 0. The van der Waals surface area contributed by atoms with Gasteiger partial charge in [-0.2, -0.15) is 0 Å². The van der Waals surface area contributed by atoms with Crippen molar-refractivity contribution in [3.05, 3.63) is 45.5 Å². The van der Waals surface area contributed by atoms with Gasteiger partial charge in [0.15, 0.2) is 0 Å². The van der Waals surface area contributed by atoms with Crippen LogP contribution in [0.4, 0.5) is 0 Å². The lowest BCUT2D eigenvalue weighted by molar-refractivity contribution is 0.0931. The van der Waals surface area contributed by atoms with Gasteiger partial charge in [0, 0.05) is 27.3 Å². The molecule has 3 atom stereocenters. The molecule has 0 aliphatic carbocycles. The summed E-state index contributed by atoms with van der Waals surface area (Å²) in [6.07, 6.45) is 3.51. The molecule has 108 valence electrons. The lowest BCUT2D eigenvalue weighted by Gasteiger charge is -2.21. The van der Waals surface area contributed by atoms with Crippen molar-refractivity contribution in [2.45, 2.75) is 37.4 Å². The van der Waals surface area contributed by atoms with Crippen LogP contribution in [0.25, 0.3) is 10.8 Å². The zero-order valence-corrected chi connectivity index (χ0v) is 13.8. The van der Waals surface area contributed by atoms with E-state index in [2.05, 4.69) is 51.4 Å². The zero-order chi connectivity index (χ0) is 14.4. The van der Waals surface area contributed by atoms with Crippen LogP contribution in [0.1, 0.15) is 29.6 Å². The Morgan fingerprint density at radius 2 is 2.00 bits per heavy atom. The predicted molar refractivity (Wildman–Crippen MR) is 92.5 cm³/mol. The lowest BCUT2D eigenvalue weighted by atomic mass is 9.95. The van der Waals surface area contributed by atoms with Gasteiger partial charge in [-0.3, -0.25) is 4.79 Å². The minimum Gasteiger partial charge on any atom is -0.348 e. The number of rotatable bonds is 2. The molecule has 2 aliphatic heterocycles. The molecule has 0 radical (unpaired) electrons. The van der Waals surface area contributed by atoms with Crippen molar-refractivity contribution in [1.82, 2.24) is 10.6 Å². The molecule has 21 heavy (non-hydrogen) atoms. The van der Waals surface area contributed by atoms with Gasteiger partial charge in [-0.05, 0) is 76.9 Å². The van der Waals surface area contributed by atoms with E-state index in [0.29, 0.717) is 18.1 Å². The topological polar surface area (TPSA) is 41.1 Å². The number of carbonyl (C=O) groups excluding carboxylic acids is 1. The fourth-order valence-corrected chi connectivity index (χ4v) is 4.11. The third-order valence-electron chi connectivity index (χ3n) is 4.68. The van der Waals surface area contributed by atoms with Crippen molar-refractivity contribution in [3.63, 3.8) is 0 Å². The SMILES string of the molecule is O=C(N[C@@H]1C[C@H]2CC[C@@H]1N2)c1ccc2ccc(I)cc2c1. The highest BCUT2D eigenvalue weighted by molar-refractivity contribution is 14.1. The van der Waals surface area contributed by atoms with E-state index in [1.54, 1.807) is 0 Å². The van der Waals surface area contributed by atoms with Crippen LogP contribution in [0.15, 0.2) is 36.4 Å². The van der Waals surface area contributed by atoms with Gasteiger partial charge < -0.3 is 10.6 Å². The van der Waals surface area contributed by atoms with Crippen LogP contribution in [0, 0.1) is 3.57 Å². The van der Waals surface area contributed by atoms with Gasteiger partial charge in [0.2, 0.25) is 0 Å². The van der Waals surface area contributed by atoms with Crippen molar-refractivity contribution >= 4 is 39.3 Å². The largest absolute Gasteiger partial charge is 0.348 e. The minimum atomic E-state index is 0.0510. The molecule has 0 saturated carbocycles. The Kier molecular flexibility index (Phi) is 3.38. The molecule has 1 amide bonds. The van der Waals surface area contributed by atoms with Crippen molar-refractivity contribution in [3.8, 4) is 0 Å². The quantitative estimate of drug-likeness (QED) is 0.772. The molecule has 2 aromatic carbocycles. The van der Waals surface area contributed by atoms with Crippen molar-refractivity contribution in [2.24, 2.45) is 0 Å². The maximum Gasteiger partial charge on any atom is 0.251 e. The molecule has 2 N–H and O–H groups in total. The smallest absolute Gasteiger partial charge is 0.251 e. The van der Waals surface area contributed by atoms with Crippen LogP contribution >= 0.6 is 22.6 Å². The first kappa shape index (κ1) is 13.5. The van der Waals surface area contributed by atoms with Crippen molar-refractivity contribution in [2.75, 3.05) is 0 Å². The molecule has 0 aromatic heterocycles. The fraction of sp³-hybridized carbons (Fsp3) is 0.353. The van der Waals surface area contributed by atoms with E-state index in [0.717, 1.165) is 17.4 Å². The Hall–Kier alpha value is -1.14. The van der Waals surface area contributed by atoms with Crippen LogP contribution in [-0.4, -0.2) is 24.0 Å². The second-order valence-electron chi connectivity index (χ2n) is 6.07. The number of nitrogens with one attached hydrogen (secondary N) is 2. The molecule has 0 unspecified atom stereocenters. The average Bonchev–Trinajstić information content (AvgIpc) is 3.09. The number of benzene rings is 2. The Bertz CT molecular complexity index is 715. The molecule has 3 nitrogen and oxygen atoms in total. The second-order valence-corrected chi connectivity index (χ2v) is 7.31. The summed E-state index contributed by atoms with van der Waals surface area (Å²) in [5, 5.41) is 9.06. The molecule has 4 rings (SSSR count). The summed E-state index contributed by atoms with van der Waals surface area (Å²) < 4.78 is 1.19. The monoisotopic (exact) mass is 392 g/mol. The first-order chi connectivity index (χ1) is 10.2. The molecular weight excluding hydrogens is 375 g/mol. The molecule has 0 spiro atoms. The highest BCUT2D eigenvalue weighted by Gasteiger charge is 2.39. The average molecular weight is 392 g/mol. The molecule has 2 saturated heterocycles. The normalized spacial score (nSPS) is 27.2. The van der Waals surface area contributed by atoms with Crippen LogP contribution in [0.2, 0.25) is 0 Å². The lowest BCUT2D eigenvalue weighted by Crippen LogP contribution is -2.42. The van der Waals surface area contributed by atoms with Gasteiger partial charge >= 0.3 is 0 Å². The summed E-state index contributed by atoms with van der Waals surface area (Å²) in [5.41, 5.74) is 0.757. The Balaban J connectivity index is 1.56. The highest BCUT2D eigenvalue weighted by Crippen LogP contribution is 2.28. The number of hydrogen-bond donors (Lipinski definition) is 2. The minimum absolute atomic E-state index is 0.0510. The third kappa shape index (κ3) is 2.55. The summed E-state index contributed by atoms with van der Waals surface area (Å²) in [5.74, 6) is 0.0510. The summed E-state index contributed by atoms with van der Waals surface area (Å²) in [4.78, 5) is 12.5. The van der Waals surface area contributed by atoms with Crippen molar-refractivity contribution < 1.29 is 4.79 Å². The number of hydrogen-bond acceptors (Lipinski definition) is 2. The van der Waals surface area contributed by atoms with E-state index >= 15 is 0 Å². The summed E-state index contributed by atoms with van der Waals surface area (Å²) >= 11 is 2.30. The fourth-order valence-electron chi connectivity index (χ4n) is 3.59. The van der Waals surface area contributed by atoms with E-state index in [1.165, 1.54) is 21.8 Å². The molecule has 2 aromatic rings. The van der Waals surface area contributed by atoms with Gasteiger partial charge in [-0.25, -0.2) is 0 Å². The first-order valence-electron chi connectivity index (χ1n) is 7.45. The Morgan fingerprint density at radius 3 is 2.76 bits per heavy atom. The maximum absolute atomic E-state index is 12.5. The number of carbonyl (C=O) groups is 1. The molecule has 2 aliphatic rings. The molecule has 2 bridgehead atoms. The van der Waals surface area contributed by atoms with Crippen LogP contribution < -0.4 is 10.6 Å². The summed E-state index contributed by atoms with van der Waals surface area (Å²) in [6.45, 7) is 0. The standard InChI is InChI=1S/C17H17IN2O/c18-13-4-3-10-1-2-11(7-12(10)8-13)17(21)20-16-9-14-5-6-15(16)19-14/h1-4,7-8,14-16,19H,5-6,9H2,(H,20,21)/t14-,15+,16-/m1/s1. The van der Waals surface area contributed by atoms with Gasteiger partial charge in [0.05, 0.1) is 0 Å². The Morgan fingerprint density at radius 1 is 1.14 bits per heavy atom. The second kappa shape index (κ2) is 5.25. The van der Waals surface area contributed by atoms with Crippen LogP contribution in [0.3, 0.4) is 0 Å². The molecule has 2 heterocycles. The Labute approximate surface area is 137 Å². The van der Waals surface area contributed by atoms with E-state index in [9.17, 15) is 4.79 Å². The van der Waals surface area contributed by atoms with E-state index in [1.807, 2.05) is 18.2 Å². The number of amides is 1. The first-order valence-corrected chi connectivity index (χ1v) is 8.53. The zero-order valence-electron chi connectivity index (χ0n) is 11.6. The molecular formula is C17H17IN2O. The van der Waals surface area contributed by atoms with Gasteiger partial charge in [0.1, 0.15) is 0 Å². The van der Waals surface area contributed by atoms with Gasteiger partial charge in [-0.15, -0.1) is 0 Å². The van der Waals surface area contributed by atoms with E-state index < -0.39 is 0 Å². The molecule has 2 fully saturated rings. The van der Waals surface area contributed by atoms with Crippen LogP contribution in [-0.2, 0) is 0 Å². The van der Waals surface area contributed by atoms with Crippen LogP contribution in [0.5, 0.6) is 0 Å². The highest BCUT2D eigenvalue weighted by atomic mass is 127. The summed E-state index contributed by atoms with van der Waals surface area (Å²) in [6, 6.07) is 13.6. The predicted octanol–water partition coefficient (Wildman–Crippen LogP) is 3.07. The van der Waals surface area contributed by atoms with E-state index in [4.69, 9.17) is 0 Å². The number of fused-ring (bicyclic) bond motifs is 3. The van der Waals surface area contributed by atoms with Crippen molar-refractivity contribution in [1.29, 1.82) is 0 Å². The molecule has 4 heteroatoms.